The summed E-state index contributed by atoms with van der Waals surface area (Å²) in [7, 11) is -1.95. The smallest absolute Gasteiger partial charge is 0.329 e. The van der Waals surface area contributed by atoms with Crippen molar-refractivity contribution >= 4 is 39.1 Å². The summed E-state index contributed by atoms with van der Waals surface area (Å²) < 4.78 is 29.7. The molecule has 37 heavy (non-hydrogen) atoms. The van der Waals surface area contributed by atoms with Gasteiger partial charge in [0.1, 0.15) is 11.0 Å². The number of anilines is 1. The molecule has 10 nitrogen and oxygen atoms in total. The minimum atomic E-state index is -3.85. The molecule has 3 heterocycles. The third-order valence-corrected chi connectivity index (χ3v) is 8.49. The van der Waals surface area contributed by atoms with Crippen molar-refractivity contribution in [1.82, 2.24) is 24.6 Å². The van der Waals surface area contributed by atoms with Crippen LogP contribution >= 0.6 is 11.6 Å². The van der Waals surface area contributed by atoms with Gasteiger partial charge in [-0.25, -0.2) is 18.2 Å². The van der Waals surface area contributed by atoms with Crippen molar-refractivity contribution in [1.29, 1.82) is 0 Å². The second-order valence-corrected chi connectivity index (χ2v) is 11.9. The number of carbonyl (C=O) groups is 1. The lowest BCUT2D eigenvalue weighted by atomic mass is 9.94. The van der Waals surface area contributed by atoms with Gasteiger partial charge < -0.3 is 15.3 Å². The monoisotopic (exact) mass is 548 g/mol. The number of halogens is 1. The van der Waals surface area contributed by atoms with E-state index in [1.807, 2.05) is 18.0 Å². The maximum absolute atomic E-state index is 12.8. The Kier molecular flexibility index (Phi) is 8.37. The molecule has 1 aromatic carbocycles. The fourth-order valence-corrected chi connectivity index (χ4v) is 6.31. The number of rotatable bonds is 11. The Morgan fingerprint density at radius 1 is 1.27 bits per heavy atom. The highest BCUT2D eigenvalue weighted by Crippen LogP contribution is 2.26. The summed E-state index contributed by atoms with van der Waals surface area (Å²) in [4.78, 5) is 18.3. The fourth-order valence-electron chi connectivity index (χ4n) is 4.61. The van der Waals surface area contributed by atoms with Crippen molar-refractivity contribution in [3.8, 4) is 0 Å². The van der Waals surface area contributed by atoms with E-state index >= 15 is 0 Å². The van der Waals surface area contributed by atoms with E-state index in [9.17, 15) is 18.3 Å². The second-order valence-electron chi connectivity index (χ2n) is 9.62. The number of carboxylic acids is 1. The number of piperidine rings is 1. The molecule has 0 spiro atoms. The number of carboxylic acid groups (broad SMARTS) is 1. The summed E-state index contributed by atoms with van der Waals surface area (Å²) in [6, 6.07) is 12.2. The lowest BCUT2D eigenvalue weighted by Gasteiger charge is -2.26. The number of aliphatic carboxylic acids is 1. The Labute approximate surface area is 222 Å². The number of nitrogens with one attached hydrogen (secondary N) is 2. The normalized spacial score (nSPS) is 18.0. The molecule has 2 aromatic heterocycles. The highest BCUT2D eigenvalue weighted by atomic mass is 35.5. The van der Waals surface area contributed by atoms with Crippen LogP contribution in [0.15, 0.2) is 42.5 Å². The molecule has 12 heteroatoms. The predicted octanol–water partition coefficient (Wildman–Crippen LogP) is 3.33. The topological polar surface area (TPSA) is 129 Å². The van der Waals surface area contributed by atoms with Crippen molar-refractivity contribution in [2.45, 2.75) is 50.6 Å². The molecule has 1 unspecified atom stereocenters. The number of aromatic nitrogens is 3. The highest BCUT2D eigenvalue weighted by molar-refractivity contribution is 7.89. The Bertz CT molecular complexity index is 1340. The predicted molar refractivity (Wildman–Crippen MR) is 143 cm³/mol. The number of hydrogen-bond donors (Lipinski definition) is 3. The molecular weight excluding hydrogens is 516 g/mol. The molecule has 3 N–H and O–H groups in total. The van der Waals surface area contributed by atoms with Gasteiger partial charge >= 0.3 is 5.97 Å². The Hall–Kier alpha value is -2.73. The van der Waals surface area contributed by atoms with Gasteiger partial charge in [0.15, 0.2) is 11.2 Å². The summed E-state index contributed by atoms with van der Waals surface area (Å²) >= 11 is 6.29. The SMILES string of the molecule is CN(CCCCS(=O)(=O)NC(C)(C(=O)O)c1ccccc1)c1cc(Cl)nc2cc([C@@H]3CCCCN3)nn12. The third-order valence-electron chi connectivity index (χ3n) is 6.75. The van der Waals surface area contributed by atoms with E-state index in [0.717, 1.165) is 37.3 Å². The van der Waals surface area contributed by atoms with E-state index in [2.05, 4.69) is 15.0 Å². The number of hydrogen-bond acceptors (Lipinski definition) is 7. The van der Waals surface area contributed by atoms with Crippen LogP contribution in [0.5, 0.6) is 0 Å². The number of fused-ring (bicyclic) bond motifs is 1. The lowest BCUT2D eigenvalue weighted by Crippen LogP contribution is -2.50. The molecule has 1 aliphatic heterocycles. The van der Waals surface area contributed by atoms with Crippen LogP contribution in [0.1, 0.15) is 56.3 Å². The first-order valence-corrected chi connectivity index (χ1v) is 14.4. The van der Waals surface area contributed by atoms with Gasteiger partial charge in [-0.15, -0.1) is 0 Å². The molecule has 2 atom stereocenters. The first-order valence-electron chi connectivity index (χ1n) is 12.4. The zero-order valence-corrected chi connectivity index (χ0v) is 22.6. The van der Waals surface area contributed by atoms with Gasteiger partial charge in [-0.1, -0.05) is 48.4 Å². The molecule has 1 fully saturated rings. The lowest BCUT2D eigenvalue weighted by molar-refractivity contribution is -0.143. The van der Waals surface area contributed by atoms with Crippen LogP contribution in [0.4, 0.5) is 5.82 Å². The minimum Gasteiger partial charge on any atom is -0.480 e. The number of nitrogens with zero attached hydrogens (tertiary/aromatic N) is 4. The van der Waals surface area contributed by atoms with E-state index < -0.39 is 21.5 Å². The van der Waals surface area contributed by atoms with Crippen molar-refractivity contribution in [3.63, 3.8) is 0 Å². The van der Waals surface area contributed by atoms with E-state index in [4.69, 9.17) is 16.7 Å². The summed E-state index contributed by atoms with van der Waals surface area (Å²) in [5, 5.41) is 18.4. The maximum atomic E-state index is 12.8. The van der Waals surface area contributed by atoms with Crippen LogP contribution in [0, 0.1) is 0 Å². The number of sulfonamides is 1. The molecule has 0 bridgehead atoms. The van der Waals surface area contributed by atoms with Crippen LogP contribution in [0.25, 0.3) is 5.65 Å². The first kappa shape index (κ1) is 27.3. The maximum Gasteiger partial charge on any atom is 0.329 e. The van der Waals surface area contributed by atoms with E-state index in [0.29, 0.717) is 35.8 Å². The molecule has 1 saturated heterocycles. The molecule has 0 radical (unpaired) electrons. The van der Waals surface area contributed by atoms with Crippen molar-refractivity contribution < 1.29 is 18.3 Å². The van der Waals surface area contributed by atoms with Crippen molar-refractivity contribution in [3.05, 3.63) is 58.9 Å². The highest BCUT2D eigenvalue weighted by Gasteiger charge is 2.38. The minimum absolute atomic E-state index is 0.192. The Morgan fingerprint density at radius 3 is 2.70 bits per heavy atom. The second kappa shape index (κ2) is 11.3. The number of unbranched alkanes of at least 4 members (excludes halogenated alkanes) is 1. The van der Waals surface area contributed by atoms with Gasteiger partial charge in [-0.05, 0) is 44.7 Å². The van der Waals surface area contributed by atoms with Crippen LogP contribution in [-0.2, 0) is 20.4 Å². The van der Waals surface area contributed by atoms with Crippen LogP contribution < -0.4 is 14.9 Å². The van der Waals surface area contributed by atoms with Gasteiger partial charge in [-0.2, -0.15) is 14.3 Å². The zero-order valence-electron chi connectivity index (χ0n) is 21.0. The van der Waals surface area contributed by atoms with Gasteiger partial charge in [0.05, 0.1) is 17.5 Å². The van der Waals surface area contributed by atoms with Crippen LogP contribution in [0.3, 0.4) is 0 Å². The summed E-state index contributed by atoms with van der Waals surface area (Å²) in [6.07, 6.45) is 4.25. The van der Waals surface area contributed by atoms with Crippen LogP contribution in [-0.4, -0.2) is 60.0 Å². The molecule has 4 rings (SSSR count). The third kappa shape index (κ3) is 6.40. The van der Waals surface area contributed by atoms with E-state index in [1.165, 1.54) is 6.92 Å². The Balaban J connectivity index is 1.39. The average Bonchev–Trinajstić information content (AvgIpc) is 3.30. The average molecular weight is 549 g/mol. The quantitative estimate of drug-likeness (QED) is 0.246. The Morgan fingerprint density at radius 2 is 2.03 bits per heavy atom. The molecule has 200 valence electrons. The van der Waals surface area contributed by atoms with Gasteiger partial charge in [0.2, 0.25) is 10.0 Å². The van der Waals surface area contributed by atoms with Crippen molar-refractivity contribution in [2.75, 3.05) is 30.8 Å². The van der Waals surface area contributed by atoms with E-state index in [-0.39, 0.29) is 11.8 Å². The molecule has 1 aliphatic rings. The molecule has 3 aromatic rings. The van der Waals surface area contributed by atoms with Gasteiger partial charge in [0.25, 0.3) is 0 Å². The van der Waals surface area contributed by atoms with Crippen molar-refractivity contribution in [2.24, 2.45) is 0 Å². The largest absolute Gasteiger partial charge is 0.480 e. The first-order chi connectivity index (χ1) is 17.6. The van der Waals surface area contributed by atoms with Gasteiger partial charge in [0, 0.05) is 25.7 Å². The van der Waals surface area contributed by atoms with E-state index in [1.54, 1.807) is 40.9 Å². The standard InChI is InChI=1S/C25H33ClN6O4S/c1-25(24(33)34,18-10-4-3-5-11-18)30-37(35,36)15-9-8-14-31(2)23-17-21(26)28-22-16-20(29-32(22)23)19-12-6-7-13-27-19/h3-5,10-11,16-17,19,27,30H,6-9,12-15H2,1-2H3,(H,33,34)/t19-,25?/m0/s1. The number of benzene rings is 1. The summed E-state index contributed by atoms with van der Waals surface area (Å²) in [5.74, 6) is -0.689. The summed E-state index contributed by atoms with van der Waals surface area (Å²) in [5.41, 5.74) is 0.214. The molecular formula is C25H33ClN6O4S. The molecule has 0 aliphatic carbocycles. The molecule has 0 saturated carbocycles. The molecule has 0 amide bonds. The fraction of sp³-hybridized carbons (Fsp3) is 0.480. The zero-order chi connectivity index (χ0) is 26.6. The van der Waals surface area contributed by atoms with Gasteiger partial charge in [-0.3, -0.25) is 0 Å². The van der Waals surface area contributed by atoms with Crippen LogP contribution in [0.2, 0.25) is 5.15 Å². The summed E-state index contributed by atoms with van der Waals surface area (Å²) in [6.45, 7) is 2.88.